The van der Waals surface area contributed by atoms with Crippen molar-refractivity contribution in [1.82, 2.24) is 15.3 Å². The van der Waals surface area contributed by atoms with Crippen molar-refractivity contribution in [2.24, 2.45) is 0 Å². The Morgan fingerprint density at radius 3 is 2.88 bits per heavy atom. The van der Waals surface area contributed by atoms with Crippen LogP contribution in [-0.4, -0.2) is 23.1 Å². The van der Waals surface area contributed by atoms with Gasteiger partial charge in [0.25, 0.3) is 5.56 Å². The van der Waals surface area contributed by atoms with E-state index in [1.807, 2.05) is 6.92 Å². The molecule has 17 heavy (non-hydrogen) atoms. The Kier molecular flexibility index (Phi) is 6.50. The molecular formula is C12H21N3O2. The van der Waals surface area contributed by atoms with Crippen LogP contribution in [0.3, 0.4) is 0 Å². The molecule has 1 heterocycles. The lowest BCUT2D eigenvalue weighted by Gasteiger charge is -2.04. The van der Waals surface area contributed by atoms with Gasteiger partial charge in [-0.2, -0.15) is 0 Å². The molecular weight excluding hydrogens is 218 g/mol. The van der Waals surface area contributed by atoms with Crippen LogP contribution in [0, 0.1) is 0 Å². The largest absolute Gasteiger partial charge is 0.374 e. The van der Waals surface area contributed by atoms with Crippen LogP contribution in [-0.2, 0) is 17.9 Å². The fourth-order valence-electron chi connectivity index (χ4n) is 1.37. The van der Waals surface area contributed by atoms with Gasteiger partial charge in [0.05, 0.1) is 0 Å². The molecule has 0 radical (unpaired) electrons. The predicted octanol–water partition coefficient (Wildman–Crippen LogP) is 1.20. The summed E-state index contributed by atoms with van der Waals surface area (Å²) in [5.74, 6) is 0.586. The molecule has 0 bridgehead atoms. The molecule has 1 aromatic rings. The topological polar surface area (TPSA) is 67.0 Å². The summed E-state index contributed by atoms with van der Waals surface area (Å²) in [6.45, 7) is 6.64. The highest BCUT2D eigenvalue weighted by Gasteiger charge is 2.02. The van der Waals surface area contributed by atoms with Gasteiger partial charge in [0, 0.05) is 24.9 Å². The molecule has 2 N–H and O–H groups in total. The van der Waals surface area contributed by atoms with E-state index in [2.05, 4.69) is 22.2 Å². The Morgan fingerprint density at radius 1 is 1.41 bits per heavy atom. The highest BCUT2D eigenvalue weighted by atomic mass is 16.5. The van der Waals surface area contributed by atoms with Gasteiger partial charge in [-0.25, -0.2) is 4.98 Å². The van der Waals surface area contributed by atoms with Crippen molar-refractivity contribution in [3.8, 4) is 0 Å². The van der Waals surface area contributed by atoms with Crippen LogP contribution in [0.25, 0.3) is 0 Å². The number of ether oxygens (including phenoxy) is 1. The van der Waals surface area contributed by atoms with Gasteiger partial charge in [-0.05, 0) is 19.4 Å². The van der Waals surface area contributed by atoms with Crippen molar-refractivity contribution in [2.45, 2.75) is 39.8 Å². The van der Waals surface area contributed by atoms with E-state index in [1.54, 1.807) is 6.20 Å². The normalized spacial score (nSPS) is 10.7. The smallest absolute Gasteiger partial charge is 0.255 e. The lowest BCUT2D eigenvalue weighted by Crippen LogP contribution is -2.23. The monoisotopic (exact) mass is 239 g/mol. The summed E-state index contributed by atoms with van der Waals surface area (Å²) in [4.78, 5) is 18.6. The van der Waals surface area contributed by atoms with Gasteiger partial charge in [-0.3, -0.25) is 4.79 Å². The van der Waals surface area contributed by atoms with Crippen LogP contribution in [0.1, 0.15) is 38.1 Å². The molecule has 0 aliphatic heterocycles. The average Bonchev–Trinajstić information content (AvgIpc) is 2.32. The number of H-pyrrole nitrogens is 1. The third kappa shape index (κ3) is 5.10. The summed E-state index contributed by atoms with van der Waals surface area (Å²) in [6, 6.07) is 0. The van der Waals surface area contributed by atoms with E-state index < -0.39 is 0 Å². The maximum Gasteiger partial charge on any atom is 0.255 e. The molecule has 0 unspecified atom stereocenters. The SMILES string of the molecule is CCCNCc1cnc(COCCC)[nH]c1=O. The Balaban J connectivity index is 2.50. The fourth-order valence-corrected chi connectivity index (χ4v) is 1.37. The van der Waals surface area contributed by atoms with Crippen LogP contribution < -0.4 is 10.9 Å². The van der Waals surface area contributed by atoms with Crippen molar-refractivity contribution >= 4 is 0 Å². The van der Waals surface area contributed by atoms with Gasteiger partial charge < -0.3 is 15.0 Å². The molecule has 1 aromatic heterocycles. The van der Waals surface area contributed by atoms with Crippen molar-refractivity contribution in [3.05, 3.63) is 27.9 Å². The van der Waals surface area contributed by atoms with E-state index in [9.17, 15) is 4.79 Å². The van der Waals surface area contributed by atoms with Crippen molar-refractivity contribution in [3.63, 3.8) is 0 Å². The lowest BCUT2D eigenvalue weighted by molar-refractivity contribution is 0.116. The minimum atomic E-state index is -0.0845. The van der Waals surface area contributed by atoms with E-state index in [4.69, 9.17) is 4.74 Å². The maximum atomic E-state index is 11.7. The molecule has 0 amide bonds. The predicted molar refractivity (Wildman–Crippen MR) is 66.8 cm³/mol. The van der Waals surface area contributed by atoms with Gasteiger partial charge >= 0.3 is 0 Å². The Morgan fingerprint density at radius 2 is 2.24 bits per heavy atom. The first-order valence-electron chi connectivity index (χ1n) is 6.13. The Hall–Kier alpha value is -1.20. The molecule has 0 aliphatic rings. The minimum absolute atomic E-state index is 0.0845. The van der Waals surface area contributed by atoms with Crippen LogP contribution in [0.15, 0.2) is 11.0 Å². The number of hydrogen-bond donors (Lipinski definition) is 2. The van der Waals surface area contributed by atoms with Gasteiger partial charge in [-0.15, -0.1) is 0 Å². The zero-order valence-electron chi connectivity index (χ0n) is 10.6. The number of hydrogen-bond acceptors (Lipinski definition) is 4. The molecule has 5 heteroatoms. The Bertz CT molecular complexity index is 376. The summed E-state index contributed by atoms with van der Waals surface area (Å²) in [5.41, 5.74) is 0.580. The molecule has 0 saturated heterocycles. The number of aromatic nitrogens is 2. The zero-order valence-corrected chi connectivity index (χ0v) is 10.6. The van der Waals surface area contributed by atoms with Crippen LogP contribution in [0.2, 0.25) is 0 Å². The average molecular weight is 239 g/mol. The standard InChI is InChI=1S/C12H21N3O2/c1-3-5-13-7-10-8-14-11(15-12(10)16)9-17-6-4-2/h8,13H,3-7,9H2,1-2H3,(H,14,15,16). The fraction of sp³-hybridized carbons (Fsp3) is 0.667. The summed E-state index contributed by atoms with van der Waals surface area (Å²) in [5, 5.41) is 3.17. The van der Waals surface area contributed by atoms with Crippen LogP contribution in [0.4, 0.5) is 0 Å². The third-order valence-electron chi connectivity index (χ3n) is 2.26. The quantitative estimate of drug-likeness (QED) is 0.669. The van der Waals surface area contributed by atoms with Gasteiger partial charge in [0.2, 0.25) is 0 Å². The van der Waals surface area contributed by atoms with E-state index in [-0.39, 0.29) is 5.56 Å². The second-order valence-corrected chi connectivity index (χ2v) is 3.91. The second-order valence-electron chi connectivity index (χ2n) is 3.91. The van der Waals surface area contributed by atoms with E-state index in [1.165, 1.54) is 0 Å². The number of rotatable bonds is 8. The summed E-state index contributed by atoms with van der Waals surface area (Å²) in [6.07, 6.45) is 3.63. The number of aromatic amines is 1. The minimum Gasteiger partial charge on any atom is -0.374 e. The van der Waals surface area contributed by atoms with E-state index in [0.29, 0.717) is 31.1 Å². The zero-order chi connectivity index (χ0) is 12.5. The van der Waals surface area contributed by atoms with E-state index >= 15 is 0 Å². The van der Waals surface area contributed by atoms with Crippen molar-refractivity contribution < 1.29 is 4.74 Å². The molecule has 5 nitrogen and oxygen atoms in total. The van der Waals surface area contributed by atoms with E-state index in [0.717, 1.165) is 19.4 Å². The number of nitrogens with one attached hydrogen (secondary N) is 2. The first-order chi connectivity index (χ1) is 8.27. The van der Waals surface area contributed by atoms with Crippen molar-refractivity contribution in [1.29, 1.82) is 0 Å². The van der Waals surface area contributed by atoms with Crippen LogP contribution >= 0.6 is 0 Å². The summed E-state index contributed by atoms with van der Waals surface area (Å²) in [7, 11) is 0. The van der Waals surface area contributed by atoms with Crippen LogP contribution in [0.5, 0.6) is 0 Å². The third-order valence-corrected chi connectivity index (χ3v) is 2.26. The first-order valence-corrected chi connectivity index (χ1v) is 6.13. The molecule has 0 atom stereocenters. The molecule has 1 rings (SSSR count). The van der Waals surface area contributed by atoms with Gasteiger partial charge in [0.15, 0.2) is 0 Å². The molecule has 0 aromatic carbocycles. The Labute approximate surface area is 102 Å². The lowest BCUT2D eigenvalue weighted by atomic mass is 10.3. The molecule has 0 aliphatic carbocycles. The number of nitrogens with zero attached hydrogens (tertiary/aromatic N) is 1. The first kappa shape index (κ1) is 13.9. The van der Waals surface area contributed by atoms with Gasteiger partial charge in [0.1, 0.15) is 12.4 Å². The maximum absolute atomic E-state index is 11.7. The summed E-state index contributed by atoms with van der Waals surface area (Å²) < 4.78 is 5.31. The second kappa shape index (κ2) is 7.97. The molecule has 0 fully saturated rings. The highest BCUT2D eigenvalue weighted by Crippen LogP contribution is 1.93. The highest BCUT2D eigenvalue weighted by molar-refractivity contribution is 5.05. The van der Waals surface area contributed by atoms with Crippen molar-refractivity contribution in [2.75, 3.05) is 13.2 Å². The molecule has 0 saturated carbocycles. The molecule has 96 valence electrons. The molecule has 0 spiro atoms. The van der Waals surface area contributed by atoms with Gasteiger partial charge in [-0.1, -0.05) is 13.8 Å². The summed E-state index contributed by atoms with van der Waals surface area (Å²) >= 11 is 0.